The van der Waals surface area contributed by atoms with E-state index >= 15 is 0 Å². The van der Waals surface area contributed by atoms with Crippen LogP contribution in [0.1, 0.15) is 18.2 Å². The Labute approximate surface area is 96.3 Å². The topological polar surface area (TPSA) is 34.5 Å². The second-order valence-corrected chi connectivity index (χ2v) is 3.87. The molecule has 0 bridgehead atoms. The van der Waals surface area contributed by atoms with Gasteiger partial charge in [-0.2, -0.15) is 13.2 Å². The fraction of sp³-hybridized carbons (Fsp3) is 0.455. The van der Waals surface area contributed by atoms with Crippen molar-refractivity contribution in [1.82, 2.24) is 4.98 Å². The van der Waals surface area contributed by atoms with Crippen LogP contribution in [0.4, 0.5) is 13.2 Å². The summed E-state index contributed by atoms with van der Waals surface area (Å²) in [6.07, 6.45) is -3.54. The van der Waals surface area contributed by atoms with Crippen molar-refractivity contribution >= 4 is 5.71 Å². The monoisotopic (exact) mass is 244 g/mol. The third kappa shape index (κ3) is 2.82. The van der Waals surface area contributed by atoms with Gasteiger partial charge in [0, 0.05) is 6.20 Å². The number of halogens is 3. The summed E-state index contributed by atoms with van der Waals surface area (Å²) in [6.45, 7) is 2.70. The number of aromatic nitrogens is 1. The van der Waals surface area contributed by atoms with E-state index in [-0.39, 0.29) is 6.04 Å². The van der Waals surface area contributed by atoms with E-state index in [9.17, 15) is 13.2 Å². The molecule has 0 saturated carbocycles. The zero-order valence-electron chi connectivity index (χ0n) is 9.16. The minimum Gasteiger partial charge on any atom is -0.373 e. The zero-order valence-corrected chi connectivity index (χ0v) is 9.16. The Hall–Kier alpha value is -1.43. The maximum atomic E-state index is 12.3. The molecule has 1 aromatic rings. The number of aliphatic imine (C=N–C) groups is 1. The van der Waals surface area contributed by atoms with Gasteiger partial charge in [-0.15, -0.1) is 0 Å². The average molecular weight is 244 g/mol. The second-order valence-electron chi connectivity index (χ2n) is 3.87. The first kappa shape index (κ1) is 12.0. The third-order valence-corrected chi connectivity index (χ3v) is 2.36. The van der Waals surface area contributed by atoms with E-state index in [1.165, 1.54) is 6.07 Å². The van der Waals surface area contributed by atoms with Crippen LogP contribution in [0.2, 0.25) is 0 Å². The van der Waals surface area contributed by atoms with E-state index in [0.717, 1.165) is 12.3 Å². The molecule has 0 amide bonds. The summed E-state index contributed by atoms with van der Waals surface area (Å²) >= 11 is 0. The van der Waals surface area contributed by atoms with Gasteiger partial charge in [0.1, 0.15) is 0 Å². The molecule has 0 fully saturated rings. The van der Waals surface area contributed by atoms with E-state index in [2.05, 4.69) is 9.98 Å². The van der Waals surface area contributed by atoms with Gasteiger partial charge in [-0.05, 0) is 19.1 Å². The highest BCUT2D eigenvalue weighted by molar-refractivity contribution is 6.00. The maximum Gasteiger partial charge on any atom is 0.417 e. The van der Waals surface area contributed by atoms with Crippen LogP contribution in [0.3, 0.4) is 0 Å². The van der Waals surface area contributed by atoms with Gasteiger partial charge in [0.15, 0.2) is 0 Å². The first-order valence-corrected chi connectivity index (χ1v) is 5.15. The van der Waals surface area contributed by atoms with Gasteiger partial charge in [-0.25, -0.2) is 0 Å². The number of alkyl halides is 3. The highest BCUT2D eigenvalue weighted by Gasteiger charge is 2.30. The van der Waals surface area contributed by atoms with Crippen molar-refractivity contribution in [2.75, 3.05) is 13.2 Å². The molecule has 1 aliphatic heterocycles. The Morgan fingerprint density at radius 2 is 2.12 bits per heavy atom. The molecule has 1 aliphatic rings. The van der Waals surface area contributed by atoms with Crippen LogP contribution in [0.25, 0.3) is 0 Å². The molecule has 1 unspecified atom stereocenters. The number of hydrogen-bond donors (Lipinski definition) is 0. The van der Waals surface area contributed by atoms with E-state index in [1.54, 1.807) is 0 Å². The summed E-state index contributed by atoms with van der Waals surface area (Å²) in [7, 11) is 0. The van der Waals surface area contributed by atoms with Crippen molar-refractivity contribution in [2.24, 2.45) is 4.99 Å². The lowest BCUT2D eigenvalue weighted by molar-refractivity contribution is -0.137. The molecule has 3 nitrogen and oxygen atoms in total. The molecule has 2 rings (SSSR count). The maximum absolute atomic E-state index is 12.3. The smallest absolute Gasteiger partial charge is 0.373 e. The minimum atomic E-state index is -4.36. The fourth-order valence-electron chi connectivity index (χ4n) is 1.54. The fourth-order valence-corrected chi connectivity index (χ4v) is 1.54. The number of nitrogens with zero attached hydrogens (tertiary/aromatic N) is 2. The lowest BCUT2D eigenvalue weighted by Crippen LogP contribution is -2.25. The first-order chi connectivity index (χ1) is 7.97. The highest BCUT2D eigenvalue weighted by atomic mass is 19.4. The minimum absolute atomic E-state index is 0.0165. The van der Waals surface area contributed by atoms with Gasteiger partial charge in [-0.3, -0.25) is 9.98 Å². The van der Waals surface area contributed by atoms with Crippen molar-refractivity contribution in [3.05, 3.63) is 29.6 Å². The third-order valence-electron chi connectivity index (χ3n) is 2.36. The molecular weight excluding hydrogens is 233 g/mol. The summed E-state index contributed by atoms with van der Waals surface area (Å²) in [5, 5.41) is 0. The van der Waals surface area contributed by atoms with Gasteiger partial charge in [-0.1, -0.05) is 0 Å². The molecule has 0 saturated heterocycles. The van der Waals surface area contributed by atoms with Crippen LogP contribution in [0.5, 0.6) is 0 Å². The van der Waals surface area contributed by atoms with Crippen molar-refractivity contribution in [2.45, 2.75) is 19.1 Å². The molecule has 1 atom stereocenters. The predicted octanol–water partition coefficient (Wildman–Crippen LogP) is 2.31. The molecule has 92 valence electrons. The quantitative estimate of drug-likeness (QED) is 0.759. The average Bonchev–Trinajstić information content (AvgIpc) is 2.28. The van der Waals surface area contributed by atoms with Gasteiger partial charge >= 0.3 is 6.18 Å². The predicted molar refractivity (Wildman–Crippen MR) is 56.1 cm³/mol. The van der Waals surface area contributed by atoms with Crippen molar-refractivity contribution in [3.8, 4) is 0 Å². The molecule has 0 spiro atoms. The molecular formula is C11H11F3N2O. The Kier molecular flexibility index (Phi) is 3.15. The molecule has 0 aromatic carbocycles. The molecule has 0 radical (unpaired) electrons. The second kappa shape index (κ2) is 4.44. The lowest BCUT2D eigenvalue weighted by atomic mass is 10.2. The largest absolute Gasteiger partial charge is 0.417 e. The van der Waals surface area contributed by atoms with Gasteiger partial charge in [0.2, 0.25) is 0 Å². The SMILES string of the molecule is CC1COCC(c2ccc(C(F)(F)F)cn2)=N1. The van der Waals surface area contributed by atoms with Gasteiger partial charge < -0.3 is 4.74 Å². The Balaban J connectivity index is 2.24. The first-order valence-electron chi connectivity index (χ1n) is 5.15. The number of ether oxygens (including phenoxy) is 1. The molecule has 17 heavy (non-hydrogen) atoms. The Morgan fingerprint density at radius 1 is 1.35 bits per heavy atom. The van der Waals surface area contributed by atoms with Crippen LogP contribution >= 0.6 is 0 Å². The Morgan fingerprint density at radius 3 is 2.65 bits per heavy atom. The summed E-state index contributed by atoms with van der Waals surface area (Å²) in [5.41, 5.74) is 0.272. The summed E-state index contributed by atoms with van der Waals surface area (Å²) in [5.74, 6) is 0. The van der Waals surface area contributed by atoms with Crippen molar-refractivity contribution < 1.29 is 17.9 Å². The Bertz CT molecular complexity index is 425. The number of hydrogen-bond acceptors (Lipinski definition) is 3. The van der Waals surface area contributed by atoms with Crippen molar-refractivity contribution in [3.63, 3.8) is 0 Å². The van der Waals surface area contributed by atoms with Crippen LogP contribution in [0.15, 0.2) is 23.3 Å². The normalized spacial score (nSPS) is 21.2. The van der Waals surface area contributed by atoms with E-state index in [1.807, 2.05) is 6.92 Å². The molecule has 2 heterocycles. The van der Waals surface area contributed by atoms with Crippen molar-refractivity contribution in [1.29, 1.82) is 0 Å². The lowest BCUT2D eigenvalue weighted by Gasteiger charge is -2.17. The van der Waals surface area contributed by atoms with Crippen LogP contribution in [-0.4, -0.2) is 30.0 Å². The number of pyridine rings is 1. The highest BCUT2D eigenvalue weighted by Crippen LogP contribution is 2.28. The number of rotatable bonds is 1. The van der Waals surface area contributed by atoms with E-state index in [0.29, 0.717) is 24.6 Å². The van der Waals surface area contributed by atoms with Gasteiger partial charge in [0.05, 0.1) is 36.2 Å². The summed E-state index contributed by atoms with van der Waals surface area (Å²) < 4.78 is 42.2. The molecule has 6 heteroatoms. The summed E-state index contributed by atoms with van der Waals surface area (Å²) in [6, 6.07) is 2.34. The molecule has 1 aromatic heterocycles. The molecule has 0 N–H and O–H groups in total. The standard InChI is InChI=1S/C11H11F3N2O/c1-7-5-17-6-10(16-7)9-3-2-8(4-15-9)11(12,13)14/h2-4,7H,5-6H2,1H3. The summed E-state index contributed by atoms with van der Waals surface area (Å²) in [4.78, 5) is 8.06. The van der Waals surface area contributed by atoms with Gasteiger partial charge in [0.25, 0.3) is 0 Å². The van der Waals surface area contributed by atoms with Crippen LogP contribution in [0, 0.1) is 0 Å². The van der Waals surface area contributed by atoms with Crippen LogP contribution < -0.4 is 0 Å². The van der Waals surface area contributed by atoms with E-state index < -0.39 is 11.7 Å². The van der Waals surface area contributed by atoms with Crippen LogP contribution in [-0.2, 0) is 10.9 Å². The molecule has 0 aliphatic carbocycles. The zero-order chi connectivity index (χ0) is 12.5. The van der Waals surface area contributed by atoms with E-state index in [4.69, 9.17) is 4.74 Å².